The molecule has 1 aliphatic rings. The molecule has 0 fully saturated rings. The lowest BCUT2D eigenvalue weighted by Crippen LogP contribution is -2.36. The fourth-order valence-electron chi connectivity index (χ4n) is 4.44. The second-order valence-corrected chi connectivity index (χ2v) is 7.98. The molecule has 0 spiro atoms. The molecular formula is C26H19ClFNO. The van der Waals surface area contributed by atoms with E-state index in [4.69, 9.17) is 11.6 Å². The molecule has 1 heterocycles. The van der Waals surface area contributed by atoms with Gasteiger partial charge in [0, 0.05) is 28.6 Å². The van der Waals surface area contributed by atoms with Crippen LogP contribution < -0.4 is 4.90 Å². The molecule has 5 rings (SSSR count). The number of benzene rings is 4. The Morgan fingerprint density at radius 2 is 1.63 bits per heavy atom. The largest absolute Gasteiger partial charge is 0.308 e. The molecular weight excluding hydrogens is 397 g/mol. The third-order valence-corrected chi connectivity index (χ3v) is 6.13. The predicted molar refractivity (Wildman–Crippen MR) is 119 cm³/mol. The van der Waals surface area contributed by atoms with Gasteiger partial charge in [-0.05, 0) is 40.1 Å². The van der Waals surface area contributed by atoms with E-state index in [2.05, 4.69) is 0 Å². The fourth-order valence-corrected chi connectivity index (χ4v) is 4.73. The van der Waals surface area contributed by atoms with Gasteiger partial charge in [0.05, 0.1) is 6.54 Å². The monoisotopic (exact) mass is 415 g/mol. The highest BCUT2D eigenvalue weighted by atomic mass is 35.5. The van der Waals surface area contributed by atoms with Crippen LogP contribution in [0.5, 0.6) is 0 Å². The number of carbonyl (C=O) groups excluding carboxylic acids is 1. The average Bonchev–Trinajstić information content (AvgIpc) is 2.76. The molecule has 148 valence electrons. The van der Waals surface area contributed by atoms with Crippen LogP contribution >= 0.6 is 11.6 Å². The minimum absolute atomic E-state index is 0.0362. The minimum atomic E-state index is -0.431. The molecule has 0 radical (unpaired) electrons. The molecule has 0 saturated carbocycles. The Kier molecular flexibility index (Phi) is 4.76. The van der Waals surface area contributed by atoms with E-state index in [0.29, 0.717) is 17.1 Å². The summed E-state index contributed by atoms with van der Waals surface area (Å²) in [6, 6.07) is 26.6. The first kappa shape index (κ1) is 18.8. The second-order valence-electron chi connectivity index (χ2n) is 7.58. The second kappa shape index (κ2) is 7.58. The summed E-state index contributed by atoms with van der Waals surface area (Å²) in [5.41, 5.74) is 3.21. The molecule has 4 heteroatoms. The van der Waals surface area contributed by atoms with Gasteiger partial charge in [-0.1, -0.05) is 78.3 Å². The Hall–Kier alpha value is -3.17. The quantitative estimate of drug-likeness (QED) is 0.364. The Morgan fingerprint density at radius 1 is 0.867 bits per heavy atom. The van der Waals surface area contributed by atoms with Crippen molar-refractivity contribution in [3.05, 3.63) is 112 Å². The lowest BCUT2D eigenvalue weighted by atomic mass is 9.81. The molecule has 0 aliphatic carbocycles. The highest BCUT2D eigenvalue weighted by Crippen LogP contribution is 2.46. The van der Waals surface area contributed by atoms with E-state index in [1.54, 1.807) is 12.1 Å². The zero-order valence-corrected chi connectivity index (χ0v) is 16.9. The van der Waals surface area contributed by atoms with Gasteiger partial charge in [0.2, 0.25) is 5.91 Å². The Balaban J connectivity index is 1.74. The smallest absolute Gasteiger partial charge is 0.228 e. The van der Waals surface area contributed by atoms with Gasteiger partial charge in [0.1, 0.15) is 5.82 Å². The number of hydrogen-bond donors (Lipinski definition) is 0. The van der Waals surface area contributed by atoms with Gasteiger partial charge >= 0.3 is 0 Å². The van der Waals surface area contributed by atoms with Crippen molar-refractivity contribution in [3.8, 4) is 0 Å². The number of amides is 1. The maximum atomic E-state index is 14.9. The Labute approximate surface area is 179 Å². The Morgan fingerprint density at radius 3 is 2.43 bits per heavy atom. The molecule has 30 heavy (non-hydrogen) atoms. The topological polar surface area (TPSA) is 20.3 Å². The SMILES string of the molecule is O=C1CC(c2c(F)cccc2Cl)c2c(ccc3ccccc23)N1Cc1ccccc1. The van der Waals surface area contributed by atoms with Crippen molar-refractivity contribution in [2.24, 2.45) is 0 Å². The summed E-state index contributed by atoms with van der Waals surface area (Å²) in [5.74, 6) is -0.846. The molecule has 1 aliphatic heterocycles. The van der Waals surface area contributed by atoms with Gasteiger partial charge < -0.3 is 4.90 Å². The predicted octanol–water partition coefficient (Wildman–Crippen LogP) is 6.70. The van der Waals surface area contributed by atoms with E-state index in [9.17, 15) is 9.18 Å². The van der Waals surface area contributed by atoms with Crippen molar-refractivity contribution < 1.29 is 9.18 Å². The van der Waals surface area contributed by atoms with Crippen molar-refractivity contribution in [1.29, 1.82) is 0 Å². The molecule has 4 aromatic carbocycles. The molecule has 0 saturated heterocycles. The number of hydrogen-bond acceptors (Lipinski definition) is 1. The zero-order chi connectivity index (χ0) is 20.7. The Bertz CT molecular complexity index is 1230. The van der Waals surface area contributed by atoms with Crippen LogP contribution in [0.1, 0.15) is 29.0 Å². The number of halogens is 2. The van der Waals surface area contributed by atoms with Crippen molar-refractivity contribution in [2.75, 3.05) is 4.90 Å². The summed E-state index contributed by atoms with van der Waals surface area (Å²) in [4.78, 5) is 15.1. The molecule has 2 nitrogen and oxygen atoms in total. The molecule has 0 N–H and O–H groups in total. The van der Waals surface area contributed by atoms with Crippen molar-refractivity contribution in [2.45, 2.75) is 18.9 Å². The third-order valence-electron chi connectivity index (χ3n) is 5.80. The standard InChI is InChI=1S/C26H19ClFNO/c27-21-11-6-12-22(28)26(21)20-15-24(30)29(16-17-7-2-1-3-8-17)23-14-13-18-9-4-5-10-19(18)25(20)23/h1-14,20H,15-16H2. The van der Waals surface area contributed by atoms with Gasteiger partial charge in [-0.2, -0.15) is 0 Å². The summed E-state index contributed by atoms with van der Waals surface area (Å²) in [6.45, 7) is 0.475. The maximum Gasteiger partial charge on any atom is 0.228 e. The van der Waals surface area contributed by atoms with E-state index in [-0.39, 0.29) is 18.1 Å². The normalized spacial score (nSPS) is 16.0. The third kappa shape index (κ3) is 3.16. The van der Waals surface area contributed by atoms with Gasteiger partial charge in [-0.25, -0.2) is 4.39 Å². The first-order chi connectivity index (χ1) is 14.6. The molecule has 1 unspecified atom stereocenters. The first-order valence-corrected chi connectivity index (χ1v) is 10.3. The average molecular weight is 416 g/mol. The lowest BCUT2D eigenvalue weighted by Gasteiger charge is -2.36. The highest BCUT2D eigenvalue weighted by molar-refractivity contribution is 6.31. The van der Waals surface area contributed by atoms with Crippen LogP contribution in [0, 0.1) is 5.82 Å². The molecule has 0 aromatic heterocycles. The van der Waals surface area contributed by atoms with E-state index < -0.39 is 5.92 Å². The number of anilines is 1. The van der Waals surface area contributed by atoms with Gasteiger partial charge in [0.25, 0.3) is 0 Å². The molecule has 0 bridgehead atoms. The van der Waals surface area contributed by atoms with Crippen LogP contribution in [-0.2, 0) is 11.3 Å². The van der Waals surface area contributed by atoms with E-state index in [1.807, 2.05) is 71.6 Å². The van der Waals surface area contributed by atoms with Crippen molar-refractivity contribution >= 4 is 34.0 Å². The minimum Gasteiger partial charge on any atom is -0.308 e. The van der Waals surface area contributed by atoms with E-state index >= 15 is 0 Å². The van der Waals surface area contributed by atoms with Crippen LogP contribution in [-0.4, -0.2) is 5.91 Å². The van der Waals surface area contributed by atoms with Crippen LogP contribution in [0.3, 0.4) is 0 Å². The number of nitrogens with zero attached hydrogens (tertiary/aromatic N) is 1. The highest BCUT2D eigenvalue weighted by Gasteiger charge is 2.35. The van der Waals surface area contributed by atoms with Crippen LogP contribution in [0.15, 0.2) is 84.9 Å². The van der Waals surface area contributed by atoms with Crippen LogP contribution in [0.4, 0.5) is 10.1 Å². The van der Waals surface area contributed by atoms with Crippen LogP contribution in [0.25, 0.3) is 10.8 Å². The summed E-state index contributed by atoms with van der Waals surface area (Å²) in [7, 11) is 0. The van der Waals surface area contributed by atoms with Crippen LogP contribution in [0.2, 0.25) is 5.02 Å². The molecule has 1 amide bonds. The van der Waals surface area contributed by atoms with E-state index in [0.717, 1.165) is 27.6 Å². The number of fused-ring (bicyclic) bond motifs is 3. The zero-order valence-electron chi connectivity index (χ0n) is 16.2. The van der Waals surface area contributed by atoms with Gasteiger partial charge in [0.15, 0.2) is 0 Å². The maximum absolute atomic E-state index is 14.9. The lowest BCUT2D eigenvalue weighted by molar-refractivity contribution is -0.119. The van der Waals surface area contributed by atoms with E-state index in [1.165, 1.54) is 6.07 Å². The van der Waals surface area contributed by atoms with Gasteiger partial charge in [-0.15, -0.1) is 0 Å². The number of carbonyl (C=O) groups is 1. The fraction of sp³-hybridized carbons (Fsp3) is 0.115. The van der Waals surface area contributed by atoms with Gasteiger partial charge in [-0.3, -0.25) is 4.79 Å². The summed E-state index contributed by atoms with van der Waals surface area (Å²) >= 11 is 6.43. The first-order valence-electron chi connectivity index (χ1n) is 9.93. The summed E-state index contributed by atoms with van der Waals surface area (Å²) in [5, 5.41) is 2.43. The molecule has 1 atom stereocenters. The molecule has 4 aromatic rings. The summed E-state index contributed by atoms with van der Waals surface area (Å²) < 4.78 is 14.9. The summed E-state index contributed by atoms with van der Waals surface area (Å²) in [6.07, 6.45) is 0.175. The number of rotatable bonds is 3. The van der Waals surface area contributed by atoms with Crippen molar-refractivity contribution in [3.63, 3.8) is 0 Å². The van der Waals surface area contributed by atoms with Crippen molar-refractivity contribution in [1.82, 2.24) is 0 Å².